The summed E-state index contributed by atoms with van der Waals surface area (Å²) < 4.78 is 10.4. The van der Waals surface area contributed by atoms with Gasteiger partial charge >= 0.3 is 44.0 Å². The first-order valence-electron chi connectivity index (χ1n) is 2.52. The Balaban J connectivity index is 2.41. The fourth-order valence-electron chi connectivity index (χ4n) is 0.641. The molecule has 1 atom stereocenters. The Morgan fingerprint density at radius 1 is 1.57 bits per heavy atom. The van der Waals surface area contributed by atoms with Crippen molar-refractivity contribution in [1.29, 1.82) is 0 Å². The predicted octanol–water partition coefficient (Wildman–Crippen LogP) is 1.45. The minimum atomic E-state index is -1.32. The molecule has 1 saturated carbocycles. The molecule has 1 aliphatic carbocycles. The van der Waals surface area contributed by atoms with Crippen molar-refractivity contribution < 1.29 is 4.57 Å². The van der Waals surface area contributed by atoms with E-state index in [-0.39, 0.29) is 0 Å². The predicted molar refractivity (Wildman–Crippen MR) is 31.0 cm³/mol. The van der Waals surface area contributed by atoms with Gasteiger partial charge in [-0.2, -0.15) is 0 Å². The van der Waals surface area contributed by atoms with Crippen LogP contribution in [0.15, 0.2) is 0 Å². The van der Waals surface area contributed by atoms with Crippen molar-refractivity contribution >= 4 is 14.5 Å². The van der Waals surface area contributed by atoms with Crippen LogP contribution in [0.2, 0.25) is 0 Å². The van der Waals surface area contributed by atoms with Crippen LogP contribution in [0.5, 0.6) is 0 Å². The van der Waals surface area contributed by atoms with Crippen LogP contribution in [0.25, 0.3) is 0 Å². The van der Waals surface area contributed by atoms with Crippen LogP contribution in [-0.4, -0.2) is 12.8 Å². The van der Waals surface area contributed by atoms with Crippen LogP contribution in [0.4, 0.5) is 0 Å². The Bertz CT molecular complexity index is 118. The summed E-state index contributed by atoms with van der Waals surface area (Å²) in [6, 6.07) is 0. The molecule has 0 amide bonds. The van der Waals surface area contributed by atoms with Crippen LogP contribution in [0, 0.1) is 0 Å². The molecule has 0 spiro atoms. The Labute approximate surface area is 44.9 Å². The van der Waals surface area contributed by atoms with Gasteiger partial charge in [-0.15, -0.1) is 0 Å². The quantitative estimate of drug-likeness (QED) is 0.371. The standard InChI is InChI=1S/C4H7BOP/c5-7(6)4-2-1-3-4/h4H,1-3H2. The Morgan fingerprint density at radius 2 is 2.14 bits per heavy atom. The topological polar surface area (TPSA) is 17.1 Å². The van der Waals surface area contributed by atoms with Crippen LogP contribution in [0.1, 0.15) is 19.3 Å². The molecule has 1 aliphatic rings. The summed E-state index contributed by atoms with van der Waals surface area (Å²) in [4.78, 5) is 0. The first-order chi connectivity index (χ1) is 3.30. The van der Waals surface area contributed by atoms with Crippen molar-refractivity contribution in [2.45, 2.75) is 24.9 Å². The summed E-state index contributed by atoms with van der Waals surface area (Å²) in [5.41, 5.74) is 0.370. The number of hydrogen-bond donors (Lipinski definition) is 0. The van der Waals surface area contributed by atoms with Crippen molar-refractivity contribution in [3.8, 4) is 0 Å². The molecule has 1 fully saturated rings. The second kappa shape index (κ2) is 1.96. The third kappa shape index (κ3) is 1.03. The Kier molecular flexibility index (Phi) is 1.48. The summed E-state index contributed by atoms with van der Waals surface area (Å²) in [6.07, 6.45) is 3.40. The van der Waals surface area contributed by atoms with Crippen molar-refractivity contribution in [1.82, 2.24) is 0 Å². The van der Waals surface area contributed by atoms with Gasteiger partial charge in [0.05, 0.1) is 0 Å². The van der Waals surface area contributed by atoms with Gasteiger partial charge in [0.2, 0.25) is 0 Å². The van der Waals surface area contributed by atoms with E-state index in [2.05, 4.69) is 0 Å². The molecular weight excluding hydrogens is 106 g/mol. The molecule has 0 N–H and O–H groups in total. The Hall–Kier alpha value is 0.165. The molecular formula is C4H7BOP. The van der Waals surface area contributed by atoms with Gasteiger partial charge in [-0.05, 0) is 0 Å². The molecule has 37 valence electrons. The van der Waals surface area contributed by atoms with E-state index in [9.17, 15) is 4.57 Å². The van der Waals surface area contributed by atoms with E-state index >= 15 is 0 Å². The van der Waals surface area contributed by atoms with Gasteiger partial charge in [0.1, 0.15) is 0 Å². The second-order valence-corrected chi connectivity index (χ2v) is 3.39. The number of rotatable bonds is 1. The second-order valence-electron chi connectivity index (χ2n) is 1.94. The normalized spacial score (nSPS) is 23.6. The molecule has 0 bridgehead atoms. The summed E-state index contributed by atoms with van der Waals surface area (Å²) in [7, 11) is 3.78. The summed E-state index contributed by atoms with van der Waals surface area (Å²) in [5, 5.41) is 0. The van der Waals surface area contributed by atoms with E-state index in [0.29, 0.717) is 5.66 Å². The van der Waals surface area contributed by atoms with Crippen LogP contribution in [-0.2, 0) is 4.57 Å². The summed E-state index contributed by atoms with van der Waals surface area (Å²) in [5.74, 6) is 0. The van der Waals surface area contributed by atoms with Gasteiger partial charge in [0.15, 0.2) is 0 Å². The van der Waals surface area contributed by atoms with Crippen LogP contribution in [0.3, 0.4) is 0 Å². The van der Waals surface area contributed by atoms with Crippen molar-refractivity contribution in [2.75, 3.05) is 0 Å². The summed E-state index contributed by atoms with van der Waals surface area (Å²) in [6.45, 7) is 0. The zero-order valence-corrected chi connectivity index (χ0v) is 5.03. The molecule has 3 heteroatoms. The third-order valence-electron chi connectivity index (χ3n) is 1.43. The van der Waals surface area contributed by atoms with Gasteiger partial charge in [-0.25, -0.2) is 0 Å². The van der Waals surface area contributed by atoms with E-state index in [1.165, 1.54) is 6.42 Å². The minimum absolute atomic E-state index is 0.370. The third-order valence-corrected chi connectivity index (χ3v) is 2.67. The van der Waals surface area contributed by atoms with E-state index < -0.39 is 7.29 Å². The first kappa shape index (κ1) is 5.30. The van der Waals surface area contributed by atoms with Crippen molar-refractivity contribution in [3.05, 3.63) is 0 Å². The molecule has 1 nitrogen and oxygen atoms in total. The molecule has 1 radical (unpaired) electrons. The zero-order chi connectivity index (χ0) is 5.28. The van der Waals surface area contributed by atoms with E-state index in [0.717, 1.165) is 12.8 Å². The van der Waals surface area contributed by atoms with Gasteiger partial charge in [0, 0.05) is 0 Å². The molecule has 0 aromatic carbocycles. The van der Waals surface area contributed by atoms with Gasteiger partial charge in [-0.3, -0.25) is 0 Å². The molecule has 0 saturated heterocycles. The monoisotopic (exact) mass is 113 g/mol. The van der Waals surface area contributed by atoms with Gasteiger partial charge < -0.3 is 0 Å². The van der Waals surface area contributed by atoms with Crippen molar-refractivity contribution in [3.63, 3.8) is 0 Å². The van der Waals surface area contributed by atoms with Gasteiger partial charge in [0.25, 0.3) is 0 Å². The maximum atomic E-state index is 10.4. The van der Waals surface area contributed by atoms with E-state index in [1.54, 1.807) is 0 Å². The molecule has 1 rings (SSSR count). The molecule has 1 unspecified atom stereocenters. The molecule has 0 heterocycles. The molecule has 0 aliphatic heterocycles. The maximum absolute atomic E-state index is 10.4. The Morgan fingerprint density at radius 3 is 2.14 bits per heavy atom. The van der Waals surface area contributed by atoms with E-state index in [1.807, 2.05) is 0 Å². The fourth-order valence-corrected chi connectivity index (χ4v) is 1.52. The molecule has 7 heavy (non-hydrogen) atoms. The molecule has 0 aromatic heterocycles. The van der Waals surface area contributed by atoms with Crippen LogP contribution >= 0.6 is 7.29 Å². The average Bonchev–Trinajstić information content (AvgIpc) is 1.23. The summed E-state index contributed by atoms with van der Waals surface area (Å²) >= 11 is 0. The van der Waals surface area contributed by atoms with E-state index in [4.69, 9.17) is 7.18 Å². The SMILES string of the molecule is [B]=P(=O)C1CCC1. The van der Waals surface area contributed by atoms with Gasteiger partial charge in [-0.1, -0.05) is 0 Å². The molecule has 0 aromatic rings. The number of hydrogen-bond acceptors (Lipinski definition) is 1. The zero-order valence-electron chi connectivity index (χ0n) is 4.13. The fraction of sp³-hybridized carbons (Fsp3) is 1.00. The van der Waals surface area contributed by atoms with Crippen molar-refractivity contribution in [2.24, 2.45) is 0 Å². The average molecular weight is 113 g/mol. The van der Waals surface area contributed by atoms with Crippen LogP contribution < -0.4 is 0 Å². The first-order valence-corrected chi connectivity index (χ1v) is 3.91.